The molecular formula is C12H21N5O2S. The second kappa shape index (κ2) is 6.45. The number of carboxylic acid groups (broad SMARTS) is 1. The molecule has 2 heterocycles. The van der Waals surface area contributed by atoms with Crippen molar-refractivity contribution in [2.75, 3.05) is 44.4 Å². The maximum atomic E-state index is 10.6. The third-order valence-electron chi connectivity index (χ3n) is 3.50. The third-order valence-corrected chi connectivity index (χ3v) is 4.50. The molecule has 1 atom stereocenters. The van der Waals surface area contributed by atoms with Crippen LogP contribution in [-0.2, 0) is 11.8 Å². The molecule has 1 saturated heterocycles. The van der Waals surface area contributed by atoms with Crippen molar-refractivity contribution in [1.29, 1.82) is 0 Å². The number of aromatic nitrogens is 3. The van der Waals surface area contributed by atoms with Gasteiger partial charge in [0.2, 0.25) is 5.95 Å². The summed E-state index contributed by atoms with van der Waals surface area (Å²) < 4.78 is 1.85. The monoisotopic (exact) mass is 299 g/mol. The topological polar surface area (TPSA) is 74.5 Å². The van der Waals surface area contributed by atoms with Crippen molar-refractivity contribution in [2.24, 2.45) is 13.0 Å². The lowest BCUT2D eigenvalue weighted by Gasteiger charge is -2.21. The summed E-state index contributed by atoms with van der Waals surface area (Å²) in [7, 11) is 6.02. The fourth-order valence-electron chi connectivity index (χ4n) is 2.54. The van der Waals surface area contributed by atoms with Crippen LogP contribution in [0.4, 0.5) is 5.95 Å². The van der Waals surface area contributed by atoms with Gasteiger partial charge in [-0.15, -0.1) is 10.2 Å². The first-order valence-electron chi connectivity index (χ1n) is 6.61. The minimum absolute atomic E-state index is 0.00308. The van der Waals surface area contributed by atoms with Gasteiger partial charge in [-0.25, -0.2) is 0 Å². The highest BCUT2D eigenvalue weighted by Crippen LogP contribution is 2.22. The fraction of sp³-hybridized carbons (Fsp3) is 0.750. The Hall–Kier alpha value is -1.28. The van der Waals surface area contributed by atoms with Crippen LogP contribution in [0.25, 0.3) is 0 Å². The Morgan fingerprint density at radius 2 is 2.25 bits per heavy atom. The van der Waals surface area contributed by atoms with Crippen molar-refractivity contribution in [1.82, 2.24) is 19.7 Å². The normalized spacial score (nSPS) is 19.4. The predicted molar refractivity (Wildman–Crippen MR) is 78.2 cm³/mol. The van der Waals surface area contributed by atoms with Gasteiger partial charge in [-0.1, -0.05) is 11.8 Å². The fourth-order valence-corrected chi connectivity index (χ4v) is 3.16. The number of thioether (sulfide) groups is 1. The molecule has 1 aromatic heterocycles. The first kappa shape index (κ1) is 15.1. The van der Waals surface area contributed by atoms with Crippen LogP contribution in [0.15, 0.2) is 5.16 Å². The van der Waals surface area contributed by atoms with Crippen LogP contribution in [0.2, 0.25) is 0 Å². The smallest absolute Gasteiger partial charge is 0.313 e. The molecule has 112 valence electrons. The van der Waals surface area contributed by atoms with Gasteiger partial charge in [-0.3, -0.25) is 9.36 Å². The molecule has 0 aromatic carbocycles. The summed E-state index contributed by atoms with van der Waals surface area (Å²) in [6.07, 6.45) is 1.21. The van der Waals surface area contributed by atoms with E-state index in [1.54, 1.807) is 0 Å². The largest absolute Gasteiger partial charge is 0.481 e. The highest BCUT2D eigenvalue weighted by molar-refractivity contribution is 7.99. The van der Waals surface area contributed by atoms with Crippen LogP contribution in [0, 0.1) is 5.92 Å². The maximum Gasteiger partial charge on any atom is 0.313 e. The van der Waals surface area contributed by atoms with E-state index in [0.717, 1.165) is 25.6 Å². The maximum absolute atomic E-state index is 10.6. The van der Waals surface area contributed by atoms with Crippen molar-refractivity contribution >= 4 is 23.7 Å². The van der Waals surface area contributed by atoms with Crippen LogP contribution in [0.3, 0.4) is 0 Å². The Morgan fingerprint density at radius 1 is 1.50 bits per heavy atom. The van der Waals surface area contributed by atoms with E-state index in [2.05, 4.69) is 27.0 Å². The van der Waals surface area contributed by atoms with Gasteiger partial charge in [0.25, 0.3) is 0 Å². The van der Waals surface area contributed by atoms with Crippen LogP contribution in [0.1, 0.15) is 6.42 Å². The van der Waals surface area contributed by atoms with Gasteiger partial charge in [-0.2, -0.15) is 0 Å². The van der Waals surface area contributed by atoms with Gasteiger partial charge in [0, 0.05) is 27.2 Å². The number of carbonyl (C=O) groups is 1. The van der Waals surface area contributed by atoms with Crippen LogP contribution in [-0.4, -0.2) is 70.2 Å². The van der Waals surface area contributed by atoms with Crippen LogP contribution in [0.5, 0.6) is 0 Å². The summed E-state index contributed by atoms with van der Waals surface area (Å²) in [5.41, 5.74) is 0. The number of carboxylic acids is 1. The van der Waals surface area contributed by atoms with Gasteiger partial charge >= 0.3 is 5.97 Å². The Bertz CT molecular complexity index is 478. The van der Waals surface area contributed by atoms with E-state index in [0.29, 0.717) is 11.1 Å². The van der Waals surface area contributed by atoms with Gasteiger partial charge in [0.05, 0.1) is 5.75 Å². The quantitative estimate of drug-likeness (QED) is 0.761. The molecule has 20 heavy (non-hydrogen) atoms. The summed E-state index contributed by atoms with van der Waals surface area (Å²) in [5.74, 6) is 0.592. The first-order valence-corrected chi connectivity index (χ1v) is 7.59. The zero-order chi connectivity index (χ0) is 14.7. The Labute approximate surface area is 123 Å². The molecule has 0 aliphatic carbocycles. The highest BCUT2D eigenvalue weighted by Gasteiger charge is 2.23. The average Bonchev–Trinajstić information content (AvgIpc) is 2.93. The number of nitrogens with zero attached hydrogens (tertiary/aromatic N) is 5. The lowest BCUT2D eigenvalue weighted by molar-refractivity contribution is -0.133. The molecule has 0 radical (unpaired) electrons. The molecule has 1 N–H and O–H groups in total. The second-order valence-corrected chi connectivity index (χ2v) is 6.26. The lowest BCUT2D eigenvalue weighted by Crippen LogP contribution is -2.29. The highest BCUT2D eigenvalue weighted by atomic mass is 32.2. The van der Waals surface area contributed by atoms with Gasteiger partial charge < -0.3 is 14.9 Å². The van der Waals surface area contributed by atoms with E-state index in [-0.39, 0.29) is 5.75 Å². The number of likely N-dealkylation sites (tertiary alicyclic amines) is 1. The molecule has 1 aromatic rings. The van der Waals surface area contributed by atoms with Crippen LogP contribution >= 0.6 is 11.8 Å². The predicted octanol–water partition coefficient (Wildman–Crippen LogP) is 0.380. The molecule has 0 bridgehead atoms. The molecule has 7 nitrogen and oxygen atoms in total. The zero-order valence-electron chi connectivity index (χ0n) is 12.1. The molecule has 0 saturated carbocycles. The van der Waals surface area contributed by atoms with Crippen molar-refractivity contribution in [3.05, 3.63) is 0 Å². The molecule has 1 unspecified atom stereocenters. The number of anilines is 1. The lowest BCUT2D eigenvalue weighted by atomic mass is 10.1. The van der Waals surface area contributed by atoms with Crippen molar-refractivity contribution < 1.29 is 9.90 Å². The molecule has 2 rings (SSSR count). The van der Waals surface area contributed by atoms with E-state index in [4.69, 9.17) is 5.11 Å². The van der Waals surface area contributed by atoms with Crippen LogP contribution < -0.4 is 4.90 Å². The third kappa shape index (κ3) is 3.63. The molecule has 8 heteroatoms. The van der Waals surface area contributed by atoms with Crippen molar-refractivity contribution in [3.63, 3.8) is 0 Å². The van der Waals surface area contributed by atoms with Crippen molar-refractivity contribution in [3.8, 4) is 0 Å². The molecule has 0 spiro atoms. The van der Waals surface area contributed by atoms with Gasteiger partial charge in [-0.05, 0) is 25.9 Å². The number of rotatable bonds is 6. The van der Waals surface area contributed by atoms with E-state index in [9.17, 15) is 4.79 Å². The van der Waals surface area contributed by atoms with E-state index in [1.165, 1.54) is 18.2 Å². The standard InChI is InChI=1S/C12H21N5O2S/c1-15-5-4-9(6-15)7-16(2)11-13-14-12(17(11)3)20-8-10(18)19/h9H,4-8H2,1-3H3,(H,18,19). The molecule has 1 fully saturated rings. The molecule has 0 amide bonds. The van der Waals surface area contributed by atoms with Gasteiger partial charge in [0.15, 0.2) is 5.16 Å². The minimum Gasteiger partial charge on any atom is -0.481 e. The Balaban J connectivity index is 1.96. The Morgan fingerprint density at radius 3 is 2.85 bits per heavy atom. The first-order chi connectivity index (χ1) is 9.47. The number of hydrogen-bond donors (Lipinski definition) is 1. The molecular weight excluding hydrogens is 278 g/mol. The van der Waals surface area contributed by atoms with E-state index in [1.807, 2.05) is 18.7 Å². The summed E-state index contributed by atoms with van der Waals surface area (Å²) in [6, 6.07) is 0. The SMILES string of the molecule is CN1CCC(CN(C)c2nnc(SCC(=O)O)n2C)C1. The second-order valence-electron chi connectivity index (χ2n) is 5.32. The molecule has 1 aliphatic heterocycles. The zero-order valence-corrected chi connectivity index (χ0v) is 12.9. The summed E-state index contributed by atoms with van der Waals surface area (Å²) in [6.45, 7) is 3.21. The summed E-state index contributed by atoms with van der Waals surface area (Å²) in [5, 5.41) is 17.6. The summed E-state index contributed by atoms with van der Waals surface area (Å²) in [4.78, 5) is 15.0. The average molecular weight is 299 g/mol. The van der Waals surface area contributed by atoms with Gasteiger partial charge in [0.1, 0.15) is 0 Å². The molecule has 1 aliphatic rings. The summed E-state index contributed by atoms with van der Waals surface area (Å²) >= 11 is 1.19. The van der Waals surface area contributed by atoms with E-state index >= 15 is 0 Å². The number of aliphatic carboxylic acids is 1. The minimum atomic E-state index is -0.845. The van der Waals surface area contributed by atoms with Crippen molar-refractivity contribution in [2.45, 2.75) is 11.6 Å². The van der Waals surface area contributed by atoms with E-state index < -0.39 is 5.97 Å². The Kier molecular flexibility index (Phi) is 4.87. The number of hydrogen-bond acceptors (Lipinski definition) is 6.